The van der Waals surface area contributed by atoms with Crippen molar-refractivity contribution in [2.75, 3.05) is 0 Å². The van der Waals surface area contributed by atoms with Gasteiger partial charge in [-0.1, -0.05) is 24.3 Å². The number of aromatic nitrogens is 3. The Labute approximate surface area is 483 Å². The van der Waals surface area contributed by atoms with E-state index in [-0.39, 0.29) is 67.8 Å². The van der Waals surface area contributed by atoms with E-state index in [0.29, 0.717) is 100 Å². The van der Waals surface area contributed by atoms with Crippen LogP contribution in [-0.4, -0.2) is 14.1 Å². The zero-order valence-electron chi connectivity index (χ0n) is 43.9. The molecule has 0 fully saturated rings. The van der Waals surface area contributed by atoms with Crippen LogP contribution in [0.15, 0.2) is 176 Å². The maximum absolute atomic E-state index is 14.8. The number of nitriles is 8. The third kappa shape index (κ3) is 9.61. The van der Waals surface area contributed by atoms with Crippen molar-refractivity contribution in [3.63, 3.8) is 0 Å². The number of hydrogen-bond acceptors (Lipinski definition) is 9. The molecule has 402 valence electrons. The highest BCUT2D eigenvalue weighted by Crippen LogP contribution is 2.44. The van der Waals surface area contributed by atoms with Crippen LogP contribution in [0.3, 0.4) is 0 Å². The molecular weight excluding hydrogens is 1100 g/mol. The lowest BCUT2D eigenvalue weighted by atomic mass is 9.97. The summed E-state index contributed by atoms with van der Waals surface area (Å²) in [5.41, 5.74) is 4.11. The molecule has 0 aliphatic carbocycles. The van der Waals surface area contributed by atoms with Gasteiger partial charge in [-0.05, 0) is 207 Å². The van der Waals surface area contributed by atoms with Crippen LogP contribution in [-0.2, 0) is 12.4 Å². The second kappa shape index (κ2) is 20.6. The predicted molar refractivity (Wildman–Crippen MR) is 308 cm³/mol. The van der Waals surface area contributed by atoms with E-state index in [1.807, 2.05) is 24.3 Å². The lowest BCUT2D eigenvalue weighted by Gasteiger charge is -2.17. The minimum absolute atomic E-state index is 0.0263. The lowest BCUT2D eigenvalue weighted by Crippen LogP contribution is -2.11. The second-order valence-corrected chi connectivity index (χ2v) is 20.1. The van der Waals surface area contributed by atoms with E-state index < -0.39 is 29.0 Å². The van der Waals surface area contributed by atoms with Gasteiger partial charge in [-0.15, -0.1) is 0 Å². The quantitative estimate of drug-likeness (QED) is 0.139. The Balaban J connectivity index is 1.19. The first-order chi connectivity index (χ1) is 41.4. The number of pyridine rings is 1. The van der Waals surface area contributed by atoms with Gasteiger partial charge in [0.1, 0.15) is 11.6 Å². The Morgan fingerprint density at radius 1 is 0.256 bits per heavy atom. The van der Waals surface area contributed by atoms with Crippen molar-refractivity contribution in [1.82, 2.24) is 14.1 Å². The molecule has 0 saturated heterocycles. The summed E-state index contributed by atoms with van der Waals surface area (Å²) in [6, 6.07) is 60.6. The summed E-state index contributed by atoms with van der Waals surface area (Å²) >= 11 is 0. The summed E-state index contributed by atoms with van der Waals surface area (Å²) in [6.07, 6.45) is -10.4. The molecule has 0 bridgehead atoms. The van der Waals surface area contributed by atoms with Crippen LogP contribution in [0.25, 0.3) is 111 Å². The molecule has 3 heterocycles. The summed E-state index contributed by atoms with van der Waals surface area (Å²) < 4.78 is 92.2. The Bertz CT molecular complexity index is 4620. The number of rotatable bonds is 7. The largest absolute Gasteiger partial charge is 0.416 e. The van der Waals surface area contributed by atoms with Gasteiger partial charge in [0.25, 0.3) is 0 Å². The molecule has 86 heavy (non-hydrogen) atoms. The number of hydrogen-bond donors (Lipinski definition) is 0. The summed E-state index contributed by atoms with van der Waals surface area (Å²) in [5, 5.41) is 81.7. The molecule has 12 aromatic rings. The Kier molecular flexibility index (Phi) is 12.9. The zero-order valence-corrected chi connectivity index (χ0v) is 43.9. The minimum atomic E-state index is -5.22. The second-order valence-electron chi connectivity index (χ2n) is 20.1. The van der Waals surface area contributed by atoms with Crippen molar-refractivity contribution in [2.45, 2.75) is 12.4 Å². The summed E-state index contributed by atoms with van der Waals surface area (Å²) in [4.78, 5) is 5.28. The van der Waals surface area contributed by atoms with E-state index in [4.69, 9.17) is 4.98 Å². The van der Waals surface area contributed by atoms with Crippen LogP contribution in [0.2, 0.25) is 0 Å². The average Bonchev–Trinajstić information content (AvgIpc) is 1.70. The number of nitrogens with zero attached hydrogens (tertiary/aromatic N) is 11. The van der Waals surface area contributed by atoms with Crippen LogP contribution in [0.5, 0.6) is 0 Å². The lowest BCUT2D eigenvalue weighted by molar-refractivity contribution is -0.143. The molecule has 0 spiro atoms. The van der Waals surface area contributed by atoms with Gasteiger partial charge in [0.15, 0.2) is 0 Å². The van der Waals surface area contributed by atoms with Crippen LogP contribution < -0.4 is 0 Å². The van der Waals surface area contributed by atoms with Crippen molar-refractivity contribution in [3.8, 4) is 116 Å². The molecule has 0 unspecified atom stereocenters. The van der Waals surface area contributed by atoms with Gasteiger partial charge in [0, 0.05) is 21.5 Å². The van der Waals surface area contributed by atoms with Crippen molar-refractivity contribution < 1.29 is 26.3 Å². The van der Waals surface area contributed by atoms with Gasteiger partial charge in [-0.25, -0.2) is 4.98 Å². The maximum Gasteiger partial charge on any atom is 0.416 e. The van der Waals surface area contributed by atoms with Crippen LogP contribution in [0.4, 0.5) is 26.3 Å². The van der Waals surface area contributed by atoms with E-state index >= 15 is 0 Å². The molecule has 0 amide bonds. The Hall–Kier alpha value is -12.8. The van der Waals surface area contributed by atoms with Gasteiger partial charge < -0.3 is 0 Å². The monoisotopic (exact) mass is 1130 g/mol. The third-order valence-corrected chi connectivity index (χ3v) is 14.8. The van der Waals surface area contributed by atoms with Crippen LogP contribution in [0.1, 0.15) is 55.6 Å². The van der Waals surface area contributed by atoms with Gasteiger partial charge in [-0.2, -0.15) is 68.4 Å². The highest BCUT2D eigenvalue weighted by atomic mass is 19.4. The zero-order chi connectivity index (χ0) is 60.3. The molecule has 12 rings (SSSR count). The number of benzene rings is 9. The SMILES string of the molecule is N#Cc1cc(C#N)cc(-c2ccc3c(c2)c2cc(-c4cc(C#N)cc(C#N)c4)ccc2n3-c2cc(-c3cc(C(F)(F)F)cc(C(F)(F)F)c3)cc(-n3c4ccc(-c5cc(C#N)cc(C#N)c5)cc4c4cc(-c5cc(C#N)cc(C#N)c5)ccc43)n2)c1. The molecule has 0 saturated carbocycles. The van der Waals surface area contributed by atoms with Gasteiger partial charge in [0.2, 0.25) is 0 Å². The minimum Gasteiger partial charge on any atom is -0.294 e. The van der Waals surface area contributed by atoms with Crippen molar-refractivity contribution in [2.24, 2.45) is 0 Å². The fourth-order valence-corrected chi connectivity index (χ4v) is 11.0. The average molecular weight is 1130 g/mol. The van der Waals surface area contributed by atoms with Crippen molar-refractivity contribution in [3.05, 3.63) is 232 Å². The van der Waals surface area contributed by atoms with E-state index in [9.17, 15) is 68.4 Å². The topological polar surface area (TPSA) is 213 Å². The normalized spacial score (nSPS) is 11.3. The fraction of sp³-hybridized carbons (Fsp3) is 0.0290. The molecule has 0 aliphatic rings. The summed E-state index contributed by atoms with van der Waals surface area (Å²) in [7, 11) is 0. The third-order valence-electron chi connectivity index (χ3n) is 14.8. The smallest absolute Gasteiger partial charge is 0.294 e. The Morgan fingerprint density at radius 3 is 0.698 bits per heavy atom. The number of halogens is 6. The molecule has 0 N–H and O–H groups in total. The highest BCUT2D eigenvalue weighted by Gasteiger charge is 2.37. The van der Waals surface area contributed by atoms with E-state index in [2.05, 4.69) is 48.6 Å². The fourth-order valence-electron chi connectivity index (χ4n) is 11.0. The van der Waals surface area contributed by atoms with E-state index in [1.165, 1.54) is 36.4 Å². The van der Waals surface area contributed by atoms with Crippen molar-refractivity contribution in [1.29, 1.82) is 42.1 Å². The summed E-state index contributed by atoms with van der Waals surface area (Å²) in [5.74, 6) is 0.0526. The molecule has 0 radical (unpaired) electrons. The first-order valence-electron chi connectivity index (χ1n) is 25.7. The molecule has 0 atom stereocenters. The van der Waals surface area contributed by atoms with Gasteiger partial charge >= 0.3 is 12.4 Å². The van der Waals surface area contributed by atoms with Gasteiger partial charge in [-0.3, -0.25) is 9.13 Å². The predicted octanol–water partition coefficient (Wildman–Crippen LogP) is 16.6. The molecule has 11 nitrogen and oxygen atoms in total. The molecule has 9 aromatic carbocycles. The molecule has 3 aromatic heterocycles. The molecule has 0 aliphatic heterocycles. The molecule has 17 heteroatoms. The van der Waals surface area contributed by atoms with E-state index in [0.717, 1.165) is 0 Å². The number of fused-ring (bicyclic) bond motifs is 6. The highest BCUT2D eigenvalue weighted by molar-refractivity contribution is 6.13. The summed E-state index contributed by atoms with van der Waals surface area (Å²) in [6.45, 7) is 0. The standard InChI is InChI=1S/C69H29F6N11/c70-68(71,72)56-21-54(22-57(29-56)69(73,74)75)55-27-66(85-62-5-1-46(50-13-38(30-76)9-39(14-50)31-77)23-58(62)59-24-47(2-6-63(59)85)51-15-40(32-78)10-41(16-51)33-79)84-67(28-55)86-64-7-3-48(52-17-42(34-80)11-43(18-52)35-81)25-60(64)61-26-49(4-8-65(61)86)53-19-44(36-82)12-45(20-53)37-83/h1-29H. The van der Waals surface area contributed by atoms with Crippen molar-refractivity contribution >= 4 is 43.6 Å². The molecular formula is C69H29F6N11. The Morgan fingerprint density at radius 2 is 0.477 bits per heavy atom. The first-order valence-corrected chi connectivity index (χ1v) is 25.7. The van der Waals surface area contributed by atoms with Crippen LogP contribution >= 0.6 is 0 Å². The van der Waals surface area contributed by atoms with Gasteiger partial charge in [0.05, 0.1) is 126 Å². The van der Waals surface area contributed by atoms with Crippen LogP contribution in [0, 0.1) is 90.6 Å². The maximum atomic E-state index is 14.8. The number of alkyl halides is 6. The van der Waals surface area contributed by atoms with E-state index in [1.54, 1.807) is 106 Å². The first kappa shape index (κ1) is 53.9.